The molecule has 104 valence electrons. The van der Waals surface area contributed by atoms with Crippen molar-refractivity contribution in [3.8, 4) is 28.5 Å². The Morgan fingerprint density at radius 3 is 2.33 bits per heavy atom. The lowest BCUT2D eigenvalue weighted by atomic mass is 10.1. The second-order valence-electron chi connectivity index (χ2n) is 4.50. The van der Waals surface area contributed by atoms with Gasteiger partial charge < -0.3 is 4.74 Å². The predicted molar refractivity (Wildman–Crippen MR) is 84.5 cm³/mol. The Bertz CT molecular complexity index is 760. The maximum absolute atomic E-state index is 6.05. The average molecular weight is 297 g/mol. The third-order valence-corrected chi connectivity index (χ3v) is 3.30. The fourth-order valence-electron chi connectivity index (χ4n) is 2.04. The Balaban J connectivity index is 2.14. The number of aromatic nitrogens is 2. The summed E-state index contributed by atoms with van der Waals surface area (Å²) >= 11 is 6.05. The van der Waals surface area contributed by atoms with Crippen LogP contribution in [0.4, 0.5) is 0 Å². The molecule has 0 bridgehead atoms. The number of methoxy groups -OCH3 is 1. The zero-order valence-electron chi connectivity index (χ0n) is 11.5. The molecule has 0 spiro atoms. The molecule has 4 heteroatoms. The molecule has 0 radical (unpaired) electrons. The molecule has 1 aromatic heterocycles. The van der Waals surface area contributed by atoms with Crippen molar-refractivity contribution >= 4 is 11.6 Å². The standard InChI is InChI=1S/C17H13ClN2O/c1-21-16-11-15(13-8-5-9-14(18)10-13)19-17(20-16)12-6-3-2-4-7-12/h2-11H,1H3. The number of rotatable bonds is 3. The molecule has 0 fully saturated rings. The highest BCUT2D eigenvalue weighted by atomic mass is 35.5. The SMILES string of the molecule is COc1cc(-c2cccc(Cl)c2)nc(-c2ccccc2)n1. The van der Waals surface area contributed by atoms with E-state index < -0.39 is 0 Å². The number of ether oxygens (including phenoxy) is 1. The molecular weight excluding hydrogens is 284 g/mol. The van der Waals surface area contributed by atoms with E-state index >= 15 is 0 Å². The minimum Gasteiger partial charge on any atom is -0.481 e. The molecule has 0 aliphatic carbocycles. The van der Waals surface area contributed by atoms with Crippen molar-refractivity contribution < 1.29 is 4.74 Å². The van der Waals surface area contributed by atoms with Crippen LogP contribution in [0.3, 0.4) is 0 Å². The van der Waals surface area contributed by atoms with Crippen molar-refractivity contribution in [1.29, 1.82) is 0 Å². The molecule has 3 nitrogen and oxygen atoms in total. The fraction of sp³-hybridized carbons (Fsp3) is 0.0588. The van der Waals surface area contributed by atoms with Gasteiger partial charge in [-0.15, -0.1) is 0 Å². The maximum atomic E-state index is 6.05. The Morgan fingerprint density at radius 1 is 0.857 bits per heavy atom. The maximum Gasteiger partial charge on any atom is 0.217 e. The minimum absolute atomic E-state index is 0.527. The van der Waals surface area contributed by atoms with E-state index in [0.717, 1.165) is 16.8 Å². The number of benzene rings is 2. The Kier molecular flexibility index (Phi) is 3.84. The summed E-state index contributed by atoms with van der Waals surface area (Å²) in [6, 6.07) is 19.2. The fourth-order valence-corrected chi connectivity index (χ4v) is 2.23. The summed E-state index contributed by atoms with van der Waals surface area (Å²) in [6.07, 6.45) is 0. The molecule has 0 amide bonds. The van der Waals surface area contributed by atoms with Crippen LogP contribution in [0.25, 0.3) is 22.6 Å². The van der Waals surface area contributed by atoms with E-state index in [1.54, 1.807) is 13.2 Å². The van der Waals surface area contributed by atoms with Gasteiger partial charge in [-0.1, -0.05) is 54.1 Å². The van der Waals surface area contributed by atoms with Crippen LogP contribution in [-0.4, -0.2) is 17.1 Å². The molecule has 2 aromatic carbocycles. The number of hydrogen-bond acceptors (Lipinski definition) is 3. The highest BCUT2D eigenvalue weighted by Gasteiger charge is 2.09. The lowest BCUT2D eigenvalue weighted by Gasteiger charge is -2.08. The molecule has 0 unspecified atom stereocenters. The van der Waals surface area contributed by atoms with E-state index in [2.05, 4.69) is 9.97 Å². The van der Waals surface area contributed by atoms with Crippen molar-refractivity contribution in [2.24, 2.45) is 0 Å². The summed E-state index contributed by atoms with van der Waals surface area (Å²) in [4.78, 5) is 9.02. The van der Waals surface area contributed by atoms with E-state index in [0.29, 0.717) is 16.7 Å². The number of halogens is 1. The van der Waals surface area contributed by atoms with E-state index in [-0.39, 0.29) is 0 Å². The molecule has 0 saturated carbocycles. The predicted octanol–water partition coefficient (Wildman–Crippen LogP) is 4.47. The van der Waals surface area contributed by atoms with Gasteiger partial charge in [0.25, 0.3) is 0 Å². The zero-order valence-corrected chi connectivity index (χ0v) is 12.2. The first-order valence-electron chi connectivity index (χ1n) is 6.51. The van der Waals surface area contributed by atoms with E-state index in [4.69, 9.17) is 16.3 Å². The Morgan fingerprint density at radius 2 is 1.62 bits per heavy atom. The monoisotopic (exact) mass is 296 g/mol. The third kappa shape index (κ3) is 3.03. The molecule has 0 N–H and O–H groups in total. The van der Waals surface area contributed by atoms with E-state index in [1.807, 2.05) is 54.6 Å². The number of hydrogen-bond donors (Lipinski definition) is 0. The summed E-state index contributed by atoms with van der Waals surface area (Å²) < 4.78 is 5.28. The van der Waals surface area contributed by atoms with Crippen LogP contribution in [0.5, 0.6) is 5.88 Å². The first kappa shape index (κ1) is 13.6. The second-order valence-corrected chi connectivity index (χ2v) is 4.93. The normalized spacial score (nSPS) is 10.4. The molecule has 0 aliphatic heterocycles. The van der Waals surface area contributed by atoms with Crippen LogP contribution < -0.4 is 4.74 Å². The van der Waals surface area contributed by atoms with Crippen molar-refractivity contribution in [2.45, 2.75) is 0 Å². The van der Waals surface area contributed by atoms with Crippen molar-refractivity contribution in [2.75, 3.05) is 7.11 Å². The lowest BCUT2D eigenvalue weighted by Crippen LogP contribution is -1.96. The van der Waals surface area contributed by atoms with Crippen LogP contribution in [0.1, 0.15) is 0 Å². The number of nitrogens with zero attached hydrogens (tertiary/aromatic N) is 2. The summed E-state index contributed by atoms with van der Waals surface area (Å²) in [5, 5.41) is 0.673. The molecular formula is C17H13ClN2O. The van der Waals surface area contributed by atoms with Crippen molar-refractivity contribution in [1.82, 2.24) is 9.97 Å². The molecule has 0 aliphatic rings. The average Bonchev–Trinajstić information content (AvgIpc) is 2.55. The topological polar surface area (TPSA) is 35.0 Å². The first-order valence-corrected chi connectivity index (χ1v) is 6.88. The largest absolute Gasteiger partial charge is 0.481 e. The molecule has 3 rings (SSSR count). The van der Waals surface area contributed by atoms with Crippen LogP contribution in [-0.2, 0) is 0 Å². The highest BCUT2D eigenvalue weighted by Crippen LogP contribution is 2.26. The van der Waals surface area contributed by atoms with Gasteiger partial charge in [-0.2, -0.15) is 4.98 Å². The Labute approximate surface area is 128 Å². The Hall–Kier alpha value is -2.39. The van der Waals surface area contributed by atoms with E-state index in [9.17, 15) is 0 Å². The molecule has 3 aromatic rings. The molecule has 21 heavy (non-hydrogen) atoms. The summed E-state index contributed by atoms with van der Waals surface area (Å²) in [5.41, 5.74) is 2.66. The van der Waals surface area contributed by atoms with Gasteiger partial charge in [-0.05, 0) is 12.1 Å². The van der Waals surface area contributed by atoms with Crippen LogP contribution >= 0.6 is 11.6 Å². The zero-order chi connectivity index (χ0) is 14.7. The van der Waals surface area contributed by atoms with Gasteiger partial charge in [0.2, 0.25) is 5.88 Å². The van der Waals surface area contributed by atoms with Crippen molar-refractivity contribution in [3.05, 3.63) is 65.7 Å². The van der Waals surface area contributed by atoms with Crippen molar-refractivity contribution in [3.63, 3.8) is 0 Å². The molecule has 1 heterocycles. The molecule has 0 atom stereocenters. The van der Waals surface area contributed by atoms with Gasteiger partial charge in [0.05, 0.1) is 12.8 Å². The van der Waals surface area contributed by atoms with Gasteiger partial charge in [-0.3, -0.25) is 0 Å². The summed E-state index contributed by atoms with van der Waals surface area (Å²) in [6.45, 7) is 0. The first-order chi connectivity index (χ1) is 10.3. The minimum atomic E-state index is 0.527. The van der Waals surface area contributed by atoms with Gasteiger partial charge in [-0.25, -0.2) is 4.98 Å². The quantitative estimate of drug-likeness (QED) is 0.715. The third-order valence-electron chi connectivity index (χ3n) is 3.06. The molecule has 0 saturated heterocycles. The van der Waals surface area contributed by atoms with Crippen LogP contribution in [0.15, 0.2) is 60.7 Å². The highest BCUT2D eigenvalue weighted by molar-refractivity contribution is 6.30. The lowest BCUT2D eigenvalue weighted by molar-refractivity contribution is 0.397. The van der Waals surface area contributed by atoms with Gasteiger partial charge in [0, 0.05) is 22.2 Å². The van der Waals surface area contributed by atoms with Crippen LogP contribution in [0, 0.1) is 0 Å². The summed E-state index contributed by atoms with van der Waals surface area (Å²) in [7, 11) is 1.60. The summed E-state index contributed by atoms with van der Waals surface area (Å²) in [5.74, 6) is 1.16. The van der Waals surface area contributed by atoms with Crippen LogP contribution in [0.2, 0.25) is 5.02 Å². The van der Waals surface area contributed by atoms with Gasteiger partial charge >= 0.3 is 0 Å². The van der Waals surface area contributed by atoms with Gasteiger partial charge in [0.15, 0.2) is 5.82 Å². The smallest absolute Gasteiger partial charge is 0.217 e. The second kappa shape index (κ2) is 5.94. The van der Waals surface area contributed by atoms with E-state index in [1.165, 1.54) is 0 Å². The van der Waals surface area contributed by atoms with Gasteiger partial charge in [0.1, 0.15) is 0 Å².